The number of rotatable bonds is 4. The van der Waals surface area contributed by atoms with Crippen molar-refractivity contribution in [2.45, 2.75) is 71.3 Å². The molecule has 2 aromatic carbocycles. The fourth-order valence-electron chi connectivity index (χ4n) is 6.06. The molecule has 3 aromatic rings. The van der Waals surface area contributed by atoms with Crippen molar-refractivity contribution in [2.75, 3.05) is 26.2 Å². The molecule has 1 aromatic heterocycles. The second-order valence-corrected chi connectivity index (χ2v) is 10.7. The zero-order chi connectivity index (χ0) is 26.4. The number of benzene rings is 2. The standard InChI is InChI=1S/C31H40N4O3/c1-2-28-33-25-12-4-5-13-26(25)35(28)20-15-29(36)34-21-17-31(18-22-34)16-8-7-11-24-10-3-6-14-27(24)38-23-9-19-32-30(31)37/h3-6,10,12-14H,2,7-9,11,15-23H2,1H3,(H,32,37). The molecule has 7 nitrogen and oxygen atoms in total. The topological polar surface area (TPSA) is 76.5 Å². The third-order valence-corrected chi connectivity index (χ3v) is 8.34. The van der Waals surface area contributed by atoms with Crippen molar-refractivity contribution in [1.82, 2.24) is 19.8 Å². The molecule has 1 saturated heterocycles. The first-order valence-corrected chi connectivity index (χ1v) is 14.3. The number of likely N-dealkylation sites (tertiary alicyclic amines) is 1. The van der Waals surface area contributed by atoms with Gasteiger partial charge in [-0.1, -0.05) is 43.7 Å². The van der Waals surface area contributed by atoms with Crippen LogP contribution in [0.15, 0.2) is 48.5 Å². The molecule has 1 spiro atoms. The predicted molar refractivity (Wildman–Crippen MR) is 149 cm³/mol. The van der Waals surface area contributed by atoms with Gasteiger partial charge in [-0.3, -0.25) is 9.59 Å². The minimum atomic E-state index is -0.388. The van der Waals surface area contributed by atoms with Crippen LogP contribution in [0.3, 0.4) is 0 Å². The van der Waals surface area contributed by atoms with Crippen molar-refractivity contribution < 1.29 is 14.3 Å². The van der Waals surface area contributed by atoms with Gasteiger partial charge >= 0.3 is 0 Å². The summed E-state index contributed by atoms with van der Waals surface area (Å²) in [4.78, 5) is 33.3. The smallest absolute Gasteiger partial charge is 0.226 e. The van der Waals surface area contributed by atoms with Gasteiger partial charge in [-0.15, -0.1) is 0 Å². The second-order valence-electron chi connectivity index (χ2n) is 10.7. The first-order valence-electron chi connectivity index (χ1n) is 14.3. The monoisotopic (exact) mass is 516 g/mol. The Balaban J connectivity index is 1.20. The quantitative estimate of drug-likeness (QED) is 0.535. The highest BCUT2D eigenvalue weighted by atomic mass is 16.5. The summed E-state index contributed by atoms with van der Waals surface area (Å²) in [5.41, 5.74) is 2.93. The molecule has 2 aliphatic rings. The third-order valence-electron chi connectivity index (χ3n) is 8.34. The van der Waals surface area contributed by atoms with Gasteiger partial charge in [0.2, 0.25) is 11.8 Å². The van der Waals surface area contributed by atoms with Crippen molar-refractivity contribution in [2.24, 2.45) is 5.41 Å². The number of carbonyl (C=O) groups excluding carboxylic acids is 2. The molecule has 38 heavy (non-hydrogen) atoms. The van der Waals surface area contributed by atoms with E-state index in [0.29, 0.717) is 39.2 Å². The molecule has 7 heteroatoms. The molecule has 0 radical (unpaired) electrons. The van der Waals surface area contributed by atoms with Crippen LogP contribution in [-0.2, 0) is 29.0 Å². The number of hydrogen-bond donors (Lipinski definition) is 1. The van der Waals surface area contributed by atoms with Crippen LogP contribution < -0.4 is 10.1 Å². The molecule has 2 aliphatic heterocycles. The van der Waals surface area contributed by atoms with Gasteiger partial charge in [-0.25, -0.2) is 4.98 Å². The molecule has 0 aliphatic carbocycles. The van der Waals surface area contributed by atoms with Crippen molar-refractivity contribution in [1.29, 1.82) is 0 Å². The molecule has 3 heterocycles. The molecule has 202 valence electrons. The van der Waals surface area contributed by atoms with Crippen LogP contribution in [0.1, 0.15) is 63.3 Å². The van der Waals surface area contributed by atoms with E-state index < -0.39 is 0 Å². The van der Waals surface area contributed by atoms with E-state index in [2.05, 4.69) is 35.0 Å². The molecule has 2 amide bonds. The molecule has 1 N–H and O–H groups in total. The fourth-order valence-corrected chi connectivity index (χ4v) is 6.06. The number of hydrogen-bond acceptors (Lipinski definition) is 4. The summed E-state index contributed by atoms with van der Waals surface area (Å²) in [5.74, 6) is 2.30. The lowest BCUT2D eigenvalue weighted by Crippen LogP contribution is -2.50. The Morgan fingerprint density at radius 1 is 1.03 bits per heavy atom. The van der Waals surface area contributed by atoms with Crippen LogP contribution in [0.5, 0.6) is 5.75 Å². The number of piperidine rings is 1. The first kappa shape index (κ1) is 26.3. The van der Waals surface area contributed by atoms with Gasteiger partial charge in [-0.05, 0) is 62.3 Å². The molecule has 0 saturated carbocycles. The lowest BCUT2D eigenvalue weighted by Gasteiger charge is -2.41. The van der Waals surface area contributed by atoms with Gasteiger partial charge in [0, 0.05) is 39.0 Å². The number of aromatic nitrogens is 2. The predicted octanol–water partition coefficient (Wildman–Crippen LogP) is 4.91. The number of amides is 2. The van der Waals surface area contributed by atoms with E-state index in [1.165, 1.54) is 5.56 Å². The van der Waals surface area contributed by atoms with E-state index in [0.717, 1.165) is 74.0 Å². The summed E-state index contributed by atoms with van der Waals surface area (Å²) in [6, 6.07) is 16.4. The minimum absolute atomic E-state index is 0.152. The maximum absolute atomic E-state index is 13.4. The van der Waals surface area contributed by atoms with E-state index in [-0.39, 0.29) is 17.2 Å². The summed E-state index contributed by atoms with van der Waals surface area (Å²) < 4.78 is 8.18. The van der Waals surface area contributed by atoms with Crippen LogP contribution in [-0.4, -0.2) is 52.5 Å². The van der Waals surface area contributed by atoms with Crippen molar-refractivity contribution in [3.05, 3.63) is 59.9 Å². The average Bonchev–Trinajstić information content (AvgIpc) is 3.32. The van der Waals surface area contributed by atoms with Crippen LogP contribution in [0.4, 0.5) is 0 Å². The van der Waals surface area contributed by atoms with Gasteiger partial charge in [0.05, 0.1) is 23.1 Å². The number of ether oxygens (including phenoxy) is 1. The van der Waals surface area contributed by atoms with Crippen molar-refractivity contribution in [3.63, 3.8) is 0 Å². The SMILES string of the molecule is CCc1nc2ccccc2n1CCC(=O)N1CCC2(CCCCc3ccccc3OCCCNC2=O)CC1. The molecular formula is C31H40N4O3. The van der Waals surface area contributed by atoms with Gasteiger partial charge in [0.15, 0.2) is 0 Å². The molecule has 0 bridgehead atoms. The Labute approximate surface area is 225 Å². The number of carbonyl (C=O) groups is 2. The molecule has 0 atom stereocenters. The molecular weight excluding hydrogens is 476 g/mol. The molecule has 5 rings (SSSR count). The summed E-state index contributed by atoms with van der Waals surface area (Å²) >= 11 is 0. The largest absolute Gasteiger partial charge is 0.493 e. The number of aryl methyl sites for hydroxylation is 3. The van der Waals surface area contributed by atoms with E-state index in [4.69, 9.17) is 9.72 Å². The highest BCUT2D eigenvalue weighted by Crippen LogP contribution is 2.38. The Hall–Kier alpha value is -3.35. The van der Waals surface area contributed by atoms with Crippen LogP contribution in [0.2, 0.25) is 0 Å². The lowest BCUT2D eigenvalue weighted by atomic mass is 9.73. The number of fused-ring (bicyclic) bond motifs is 2. The maximum atomic E-state index is 13.4. The second kappa shape index (κ2) is 12.0. The Bertz CT molecular complexity index is 1260. The summed E-state index contributed by atoms with van der Waals surface area (Å²) in [6.45, 7) is 5.23. The van der Waals surface area contributed by atoms with Crippen LogP contribution in [0.25, 0.3) is 11.0 Å². The highest BCUT2D eigenvalue weighted by molar-refractivity contribution is 5.83. The normalized spacial score (nSPS) is 18.6. The highest BCUT2D eigenvalue weighted by Gasteiger charge is 2.41. The lowest BCUT2D eigenvalue weighted by molar-refractivity contribution is -0.141. The van der Waals surface area contributed by atoms with Gasteiger partial charge in [-0.2, -0.15) is 0 Å². The fraction of sp³-hybridized carbons (Fsp3) is 0.516. The van der Waals surface area contributed by atoms with Crippen molar-refractivity contribution in [3.8, 4) is 5.75 Å². The summed E-state index contributed by atoms with van der Waals surface area (Å²) in [5, 5.41) is 3.19. The summed E-state index contributed by atoms with van der Waals surface area (Å²) in [6.07, 6.45) is 7.36. The summed E-state index contributed by atoms with van der Waals surface area (Å²) in [7, 11) is 0. The first-order chi connectivity index (χ1) is 18.6. The number of para-hydroxylation sites is 3. The van der Waals surface area contributed by atoms with Gasteiger partial charge in [0.1, 0.15) is 11.6 Å². The molecule has 0 unspecified atom stereocenters. The number of nitrogens with one attached hydrogen (secondary N) is 1. The van der Waals surface area contributed by atoms with Gasteiger partial charge in [0.25, 0.3) is 0 Å². The van der Waals surface area contributed by atoms with E-state index in [1.807, 2.05) is 35.2 Å². The number of nitrogens with zero attached hydrogens (tertiary/aromatic N) is 3. The Morgan fingerprint density at radius 2 is 1.82 bits per heavy atom. The van der Waals surface area contributed by atoms with Gasteiger partial charge < -0.3 is 19.5 Å². The van der Waals surface area contributed by atoms with E-state index in [1.54, 1.807) is 0 Å². The van der Waals surface area contributed by atoms with Crippen LogP contribution in [0, 0.1) is 5.41 Å². The van der Waals surface area contributed by atoms with E-state index >= 15 is 0 Å². The zero-order valence-electron chi connectivity index (χ0n) is 22.6. The Morgan fingerprint density at radius 3 is 2.66 bits per heavy atom. The van der Waals surface area contributed by atoms with Crippen LogP contribution >= 0.6 is 0 Å². The Kier molecular flexibility index (Phi) is 8.30. The average molecular weight is 517 g/mol. The van der Waals surface area contributed by atoms with E-state index in [9.17, 15) is 9.59 Å². The zero-order valence-corrected chi connectivity index (χ0v) is 22.6. The molecule has 1 fully saturated rings. The van der Waals surface area contributed by atoms with Crippen molar-refractivity contribution >= 4 is 22.8 Å². The third kappa shape index (κ3) is 5.71. The maximum Gasteiger partial charge on any atom is 0.226 e. The number of imidazole rings is 1. The minimum Gasteiger partial charge on any atom is -0.493 e.